The second-order valence-electron chi connectivity index (χ2n) is 7.65. The first-order valence-corrected chi connectivity index (χ1v) is 10.0. The van der Waals surface area contributed by atoms with Crippen molar-refractivity contribution < 1.29 is 22.8 Å². The lowest BCUT2D eigenvalue weighted by Crippen LogP contribution is -2.36. The van der Waals surface area contributed by atoms with E-state index in [1.165, 1.54) is 11.0 Å². The molecule has 31 heavy (non-hydrogen) atoms. The third kappa shape index (κ3) is 6.97. The van der Waals surface area contributed by atoms with Gasteiger partial charge < -0.3 is 10.6 Å². The Kier molecular flexibility index (Phi) is 8.08. The van der Waals surface area contributed by atoms with Crippen LogP contribution in [0.25, 0.3) is 0 Å². The molecule has 0 spiro atoms. The van der Waals surface area contributed by atoms with Gasteiger partial charge >= 0.3 is 6.18 Å². The summed E-state index contributed by atoms with van der Waals surface area (Å²) in [6, 6.07) is 8.92. The summed E-state index contributed by atoms with van der Waals surface area (Å²) in [4.78, 5) is 26.1. The van der Waals surface area contributed by atoms with Gasteiger partial charge in [-0.3, -0.25) is 14.5 Å². The van der Waals surface area contributed by atoms with Crippen LogP contribution in [0.2, 0.25) is 5.02 Å². The van der Waals surface area contributed by atoms with Crippen LogP contribution < -0.4 is 10.6 Å². The highest BCUT2D eigenvalue weighted by Crippen LogP contribution is 2.36. The largest absolute Gasteiger partial charge is 0.417 e. The lowest BCUT2D eigenvalue weighted by molar-refractivity contribution is -0.137. The van der Waals surface area contributed by atoms with Gasteiger partial charge in [0.1, 0.15) is 0 Å². The second-order valence-corrected chi connectivity index (χ2v) is 8.06. The number of halogens is 4. The van der Waals surface area contributed by atoms with E-state index in [4.69, 9.17) is 11.6 Å². The Labute approximate surface area is 184 Å². The van der Waals surface area contributed by atoms with Crippen molar-refractivity contribution in [2.75, 3.05) is 30.8 Å². The molecule has 168 valence electrons. The van der Waals surface area contributed by atoms with Crippen molar-refractivity contribution >= 4 is 34.8 Å². The summed E-state index contributed by atoms with van der Waals surface area (Å²) in [6.45, 7) is 5.72. The number of carbonyl (C=O) groups is 2. The molecule has 0 bridgehead atoms. The number of benzene rings is 2. The van der Waals surface area contributed by atoms with Crippen LogP contribution in [0.15, 0.2) is 36.4 Å². The second kappa shape index (κ2) is 10.2. The van der Waals surface area contributed by atoms with E-state index < -0.39 is 22.7 Å². The van der Waals surface area contributed by atoms with Gasteiger partial charge in [-0.15, -0.1) is 0 Å². The molecule has 2 aromatic rings. The minimum Gasteiger partial charge on any atom is -0.325 e. The number of aryl methyl sites for hydroxylation is 1. The molecule has 0 radical (unpaired) electrons. The standard InChI is InChI=1S/C22H25ClF3N3O2/c1-13(2)16-7-5-6-14(3)21(16)28-20(31)12-29(4)11-19(30)27-15-8-9-18(23)17(10-15)22(24,25)26/h5-10,13H,11-12H2,1-4H3,(H,27,30)(H,28,31). The van der Waals surface area contributed by atoms with Gasteiger partial charge in [0.2, 0.25) is 11.8 Å². The molecule has 0 saturated heterocycles. The minimum absolute atomic E-state index is 0.0268. The molecule has 2 aromatic carbocycles. The van der Waals surface area contributed by atoms with Crippen molar-refractivity contribution in [3.05, 3.63) is 58.1 Å². The fraction of sp³-hybridized carbons (Fsp3) is 0.364. The number of hydrogen-bond donors (Lipinski definition) is 2. The molecule has 0 fully saturated rings. The number of alkyl halides is 3. The molecule has 0 aliphatic rings. The Morgan fingerprint density at radius 3 is 2.26 bits per heavy atom. The first-order chi connectivity index (χ1) is 14.4. The third-order valence-corrected chi connectivity index (χ3v) is 4.90. The topological polar surface area (TPSA) is 61.4 Å². The van der Waals surface area contributed by atoms with E-state index in [1.54, 1.807) is 7.05 Å². The minimum atomic E-state index is -4.63. The van der Waals surface area contributed by atoms with Gasteiger partial charge in [-0.05, 0) is 49.2 Å². The number of hydrogen-bond acceptors (Lipinski definition) is 3. The lowest BCUT2D eigenvalue weighted by atomic mass is 9.98. The Hall–Kier alpha value is -2.58. The molecule has 0 unspecified atom stereocenters. The van der Waals surface area contributed by atoms with Gasteiger partial charge in [0.15, 0.2) is 0 Å². The van der Waals surface area contributed by atoms with Crippen LogP contribution in [-0.4, -0.2) is 36.9 Å². The average molecular weight is 456 g/mol. The molecule has 0 aromatic heterocycles. The molecule has 2 rings (SSSR count). The highest BCUT2D eigenvalue weighted by molar-refractivity contribution is 6.31. The van der Waals surface area contributed by atoms with Crippen molar-refractivity contribution in [1.29, 1.82) is 0 Å². The monoisotopic (exact) mass is 455 g/mol. The van der Waals surface area contributed by atoms with Crippen molar-refractivity contribution in [2.45, 2.75) is 32.9 Å². The fourth-order valence-corrected chi connectivity index (χ4v) is 3.31. The molecule has 2 N–H and O–H groups in total. The summed E-state index contributed by atoms with van der Waals surface area (Å²) in [6.07, 6.45) is -4.63. The molecule has 9 heteroatoms. The highest BCUT2D eigenvalue weighted by Gasteiger charge is 2.33. The van der Waals surface area contributed by atoms with Crippen LogP contribution in [0, 0.1) is 6.92 Å². The summed E-state index contributed by atoms with van der Waals surface area (Å²) in [7, 11) is 1.57. The number of nitrogens with zero attached hydrogens (tertiary/aromatic N) is 1. The van der Waals surface area contributed by atoms with E-state index in [2.05, 4.69) is 10.6 Å². The van der Waals surface area contributed by atoms with E-state index in [0.717, 1.165) is 28.9 Å². The number of anilines is 2. The van der Waals surface area contributed by atoms with Crippen LogP contribution in [-0.2, 0) is 15.8 Å². The molecular weight excluding hydrogens is 431 g/mol. The maximum Gasteiger partial charge on any atom is 0.417 e. The molecule has 0 saturated carbocycles. The Balaban J connectivity index is 1.97. The van der Waals surface area contributed by atoms with Gasteiger partial charge in [-0.25, -0.2) is 0 Å². The van der Waals surface area contributed by atoms with Gasteiger partial charge in [0, 0.05) is 11.4 Å². The van der Waals surface area contributed by atoms with Crippen LogP contribution in [0.5, 0.6) is 0 Å². The first-order valence-electron chi connectivity index (χ1n) is 9.63. The molecule has 0 aliphatic heterocycles. The van der Waals surface area contributed by atoms with E-state index >= 15 is 0 Å². The molecule has 2 amide bonds. The predicted molar refractivity (Wildman–Crippen MR) is 116 cm³/mol. The number of likely N-dealkylation sites (N-methyl/N-ethyl adjacent to an activating group) is 1. The maximum absolute atomic E-state index is 13.0. The summed E-state index contributed by atoms with van der Waals surface area (Å²) in [5, 5.41) is 4.84. The zero-order chi connectivity index (χ0) is 23.3. The summed E-state index contributed by atoms with van der Waals surface area (Å²) < 4.78 is 38.9. The van der Waals surface area contributed by atoms with E-state index in [0.29, 0.717) is 0 Å². The molecule has 5 nitrogen and oxygen atoms in total. The Morgan fingerprint density at radius 1 is 1.06 bits per heavy atom. The van der Waals surface area contributed by atoms with Gasteiger partial charge in [0.05, 0.1) is 23.7 Å². The Bertz CT molecular complexity index is 962. The van der Waals surface area contributed by atoms with Crippen molar-refractivity contribution in [3.8, 4) is 0 Å². The molecule has 0 atom stereocenters. The quantitative estimate of drug-likeness (QED) is 0.595. The van der Waals surface area contributed by atoms with E-state index in [-0.39, 0.29) is 30.6 Å². The first kappa shape index (κ1) is 24.7. The predicted octanol–water partition coefficient (Wildman–Crippen LogP) is 5.30. The molecule has 0 aliphatic carbocycles. The number of para-hydroxylation sites is 1. The highest BCUT2D eigenvalue weighted by atomic mass is 35.5. The number of nitrogens with one attached hydrogen (secondary N) is 2. The Morgan fingerprint density at radius 2 is 1.68 bits per heavy atom. The molecule has 0 heterocycles. The van der Waals surface area contributed by atoms with Crippen molar-refractivity contribution in [3.63, 3.8) is 0 Å². The third-order valence-electron chi connectivity index (χ3n) is 4.57. The lowest BCUT2D eigenvalue weighted by Gasteiger charge is -2.19. The van der Waals surface area contributed by atoms with Crippen LogP contribution in [0.1, 0.15) is 36.5 Å². The fourth-order valence-electron chi connectivity index (χ4n) is 3.09. The summed E-state index contributed by atoms with van der Waals surface area (Å²) in [5.41, 5.74) is 1.64. The van der Waals surface area contributed by atoms with E-state index in [1.807, 2.05) is 39.0 Å². The maximum atomic E-state index is 13.0. The normalized spacial score (nSPS) is 11.7. The van der Waals surface area contributed by atoms with Crippen molar-refractivity contribution in [1.82, 2.24) is 4.90 Å². The van der Waals surface area contributed by atoms with Crippen molar-refractivity contribution in [2.24, 2.45) is 0 Å². The SMILES string of the molecule is Cc1cccc(C(C)C)c1NC(=O)CN(C)CC(=O)Nc1ccc(Cl)c(C(F)(F)F)c1. The zero-order valence-corrected chi connectivity index (χ0v) is 18.5. The smallest absolute Gasteiger partial charge is 0.325 e. The summed E-state index contributed by atoms with van der Waals surface area (Å²) in [5.74, 6) is -0.624. The van der Waals surface area contributed by atoms with Crippen LogP contribution in [0.4, 0.5) is 24.5 Å². The van der Waals surface area contributed by atoms with E-state index in [9.17, 15) is 22.8 Å². The van der Waals surface area contributed by atoms with Crippen LogP contribution >= 0.6 is 11.6 Å². The molecular formula is C22H25ClF3N3O2. The number of carbonyl (C=O) groups excluding carboxylic acids is 2. The van der Waals surface area contributed by atoms with Crippen LogP contribution in [0.3, 0.4) is 0 Å². The number of amides is 2. The zero-order valence-electron chi connectivity index (χ0n) is 17.7. The van der Waals surface area contributed by atoms with Gasteiger partial charge in [0.25, 0.3) is 0 Å². The van der Waals surface area contributed by atoms with Gasteiger partial charge in [-0.1, -0.05) is 43.6 Å². The average Bonchev–Trinajstić information content (AvgIpc) is 2.63. The summed E-state index contributed by atoms with van der Waals surface area (Å²) >= 11 is 5.58. The number of rotatable bonds is 7. The van der Waals surface area contributed by atoms with Gasteiger partial charge in [-0.2, -0.15) is 13.2 Å².